The average Bonchev–Trinajstić information content (AvgIpc) is 2.15. The van der Waals surface area contributed by atoms with Gasteiger partial charge >= 0.3 is 0 Å². The van der Waals surface area contributed by atoms with E-state index in [0.717, 1.165) is 0 Å². The van der Waals surface area contributed by atoms with Crippen molar-refractivity contribution in [2.45, 2.75) is 12.7 Å². The van der Waals surface area contributed by atoms with Crippen molar-refractivity contribution in [1.29, 1.82) is 0 Å². The Morgan fingerprint density at radius 1 is 1.53 bits per heavy atom. The van der Waals surface area contributed by atoms with E-state index in [9.17, 15) is 5.11 Å². The van der Waals surface area contributed by atoms with Gasteiger partial charge in [-0.2, -0.15) is 4.99 Å². The minimum atomic E-state index is -1.44. The summed E-state index contributed by atoms with van der Waals surface area (Å²) < 4.78 is 10.1. The fraction of sp³-hybridized carbons (Fsp3) is 0.300. The maximum atomic E-state index is 9.94. The third-order valence-corrected chi connectivity index (χ3v) is 2.24. The number of methoxy groups -OCH3 is 1. The highest BCUT2D eigenvalue weighted by atomic mass is 16.6. The summed E-state index contributed by atoms with van der Waals surface area (Å²) in [4.78, 5) is 3.98. The van der Waals surface area contributed by atoms with Crippen molar-refractivity contribution in [3.8, 4) is 5.75 Å². The lowest BCUT2D eigenvalue weighted by atomic mass is 10.0. The number of rotatable bonds is 1. The Balaban J connectivity index is 2.57. The van der Waals surface area contributed by atoms with E-state index in [1.807, 2.05) is 0 Å². The number of amidine groups is 1. The van der Waals surface area contributed by atoms with Crippen molar-refractivity contribution in [3.05, 3.63) is 23.8 Å². The zero-order valence-electron chi connectivity index (χ0n) is 8.52. The molecule has 0 fully saturated rings. The summed E-state index contributed by atoms with van der Waals surface area (Å²) in [5.41, 5.74) is 6.57. The molecular weight excluding hydrogens is 196 g/mol. The molecule has 3 N–H and O–H groups in total. The zero-order chi connectivity index (χ0) is 11.1. The molecule has 0 radical (unpaired) electrons. The van der Waals surface area contributed by atoms with Crippen molar-refractivity contribution in [3.63, 3.8) is 0 Å². The third-order valence-electron chi connectivity index (χ3n) is 2.24. The Kier molecular flexibility index (Phi) is 2.04. The van der Waals surface area contributed by atoms with E-state index < -0.39 is 5.79 Å². The van der Waals surface area contributed by atoms with Gasteiger partial charge in [0, 0.05) is 18.6 Å². The molecule has 1 aromatic carbocycles. The number of aliphatic imine (C=N–C) groups is 1. The van der Waals surface area contributed by atoms with E-state index in [-0.39, 0.29) is 6.02 Å². The summed E-state index contributed by atoms with van der Waals surface area (Å²) in [6.07, 6.45) is 0. The maximum absolute atomic E-state index is 9.94. The van der Waals surface area contributed by atoms with Gasteiger partial charge in [-0.15, -0.1) is 0 Å². The molecule has 0 amide bonds. The number of hydrogen-bond acceptors (Lipinski definition) is 5. The molecule has 5 heteroatoms. The van der Waals surface area contributed by atoms with Crippen LogP contribution in [0, 0.1) is 0 Å². The van der Waals surface area contributed by atoms with Crippen molar-refractivity contribution in [1.82, 2.24) is 0 Å². The Morgan fingerprint density at radius 3 is 2.93 bits per heavy atom. The van der Waals surface area contributed by atoms with Crippen LogP contribution in [0.15, 0.2) is 23.2 Å². The molecule has 1 aromatic rings. The van der Waals surface area contributed by atoms with Gasteiger partial charge in [0.2, 0.25) is 5.79 Å². The molecule has 1 aliphatic heterocycles. The van der Waals surface area contributed by atoms with Crippen molar-refractivity contribution in [2.24, 2.45) is 10.7 Å². The van der Waals surface area contributed by atoms with E-state index >= 15 is 0 Å². The van der Waals surface area contributed by atoms with Crippen LogP contribution in [0.4, 0.5) is 5.69 Å². The van der Waals surface area contributed by atoms with Crippen LogP contribution in [0.3, 0.4) is 0 Å². The quantitative estimate of drug-likeness (QED) is 0.716. The average molecular weight is 208 g/mol. The lowest BCUT2D eigenvalue weighted by Gasteiger charge is -2.29. The lowest BCUT2D eigenvalue weighted by Crippen LogP contribution is -2.35. The van der Waals surface area contributed by atoms with Gasteiger partial charge < -0.3 is 20.3 Å². The summed E-state index contributed by atoms with van der Waals surface area (Å²) >= 11 is 0. The molecule has 15 heavy (non-hydrogen) atoms. The van der Waals surface area contributed by atoms with Crippen molar-refractivity contribution < 1.29 is 14.6 Å². The minimum Gasteiger partial charge on any atom is -0.497 e. The molecule has 0 aromatic heterocycles. The number of ether oxygens (including phenoxy) is 2. The van der Waals surface area contributed by atoms with Crippen LogP contribution < -0.4 is 10.5 Å². The van der Waals surface area contributed by atoms with Gasteiger partial charge in [0.05, 0.1) is 12.8 Å². The molecule has 5 nitrogen and oxygen atoms in total. The first kappa shape index (κ1) is 9.79. The number of fused-ring (bicyclic) bond motifs is 1. The van der Waals surface area contributed by atoms with Gasteiger partial charge in [0.25, 0.3) is 6.02 Å². The fourth-order valence-corrected chi connectivity index (χ4v) is 1.52. The molecule has 0 saturated carbocycles. The Hall–Kier alpha value is -1.75. The molecule has 80 valence electrons. The van der Waals surface area contributed by atoms with Crippen LogP contribution in [0.5, 0.6) is 5.75 Å². The van der Waals surface area contributed by atoms with Gasteiger partial charge in [-0.25, -0.2) is 0 Å². The second-order valence-corrected chi connectivity index (χ2v) is 3.42. The predicted molar refractivity (Wildman–Crippen MR) is 54.9 cm³/mol. The summed E-state index contributed by atoms with van der Waals surface area (Å²) in [5, 5.41) is 9.94. The number of nitrogens with zero attached hydrogens (tertiary/aromatic N) is 1. The van der Waals surface area contributed by atoms with E-state index in [1.165, 1.54) is 6.92 Å². The summed E-state index contributed by atoms with van der Waals surface area (Å²) in [5.74, 6) is -0.782. The van der Waals surface area contributed by atoms with Gasteiger partial charge in [0.1, 0.15) is 5.75 Å². The van der Waals surface area contributed by atoms with E-state index in [1.54, 1.807) is 25.3 Å². The smallest absolute Gasteiger partial charge is 0.290 e. The van der Waals surface area contributed by atoms with E-state index in [4.69, 9.17) is 15.2 Å². The summed E-state index contributed by atoms with van der Waals surface area (Å²) in [6, 6.07) is 5.07. The number of nitrogens with two attached hydrogens (primary N) is 1. The van der Waals surface area contributed by atoms with Crippen LogP contribution in [0.1, 0.15) is 12.5 Å². The Labute approximate surface area is 87.1 Å². The zero-order valence-corrected chi connectivity index (χ0v) is 8.52. The maximum Gasteiger partial charge on any atom is 0.290 e. The molecular formula is C10H12N2O3. The molecule has 0 unspecified atom stereocenters. The third kappa shape index (κ3) is 1.61. The van der Waals surface area contributed by atoms with Gasteiger partial charge in [0.15, 0.2) is 0 Å². The molecule has 1 heterocycles. The second kappa shape index (κ2) is 3.13. The molecule has 1 aliphatic rings. The highest BCUT2D eigenvalue weighted by molar-refractivity contribution is 5.79. The first-order valence-corrected chi connectivity index (χ1v) is 4.47. The van der Waals surface area contributed by atoms with E-state index in [2.05, 4.69) is 4.99 Å². The van der Waals surface area contributed by atoms with Gasteiger partial charge in [-0.05, 0) is 12.1 Å². The van der Waals surface area contributed by atoms with Crippen LogP contribution in [0.25, 0.3) is 0 Å². The minimum absolute atomic E-state index is 0.0549. The first-order valence-electron chi connectivity index (χ1n) is 4.47. The van der Waals surface area contributed by atoms with Crippen LogP contribution in [-0.4, -0.2) is 18.2 Å². The van der Waals surface area contributed by atoms with Crippen LogP contribution >= 0.6 is 0 Å². The molecule has 0 spiro atoms. The van der Waals surface area contributed by atoms with Crippen LogP contribution in [0.2, 0.25) is 0 Å². The molecule has 0 saturated heterocycles. The SMILES string of the molecule is COc1ccc2c(c1)N=C(N)O[C@]2(C)O. The Bertz CT molecular complexity index is 427. The summed E-state index contributed by atoms with van der Waals surface area (Å²) in [7, 11) is 1.56. The highest BCUT2D eigenvalue weighted by Crippen LogP contribution is 2.36. The molecule has 0 aliphatic carbocycles. The topological polar surface area (TPSA) is 77.1 Å². The Morgan fingerprint density at radius 2 is 2.27 bits per heavy atom. The first-order chi connectivity index (χ1) is 7.03. The predicted octanol–water partition coefficient (Wildman–Crippen LogP) is 0.837. The monoisotopic (exact) mass is 208 g/mol. The highest BCUT2D eigenvalue weighted by Gasteiger charge is 2.32. The molecule has 0 bridgehead atoms. The fourth-order valence-electron chi connectivity index (χ4n) is 1.52. The lowest BCUT2D eigenvalue weighted by molar-refractivity contribution is -0.142. The number of hydrogen-bond donors (Lipinski definition) is 2. The van der Waals surface area contributed by atoms with Crippen molar-refractivity contribution >= 4 is 11.7 Å². The standard InChI is InChI=1S/C10H12N2O3/c1-10(13)7-4-3-6(14-2)5-8(7)12-9(11)15-10/h3-5,13H,1-2H3,(H2,11,12)/t10-/m0/s1. The summed E-state index contributed by atoms with van der Waals surface area (Å²) in [6.45, 7) is 1.51. The normalized spacial score (nSPS) is 23.8. The number of aliphatic hydroxyl groups is 1. The molecule has 1 atom stereocenters. The molecule has 2 rings (SSSR count). The van der Waals surface area contributed by atoms with Gasteiger partial charge in [-0.1, -0.05) is 0 Å². The number of benzene rings is 1. The van der Waals surface area contributed by atoms with Crippen molar-refractivity contribution in [2.75, 3.05) is 7.11 Å². The van der Waals surface area contributed by atoms with E-state index in [0.29, 0.717) is 17.0 Å². The second-order valence-electron chi connectivity index (χ2n) is 3.42. The van der Waals surface area contributed by atoms with Crippen LogP contribution in [-0.2, 0) is 10.5 Å². The largest absolute Gasteiger partial charge is 0.497 e. The van der Waals surface area contributed by atoms with Gasteiger partial charge in [-0.3, -0.25) is 0 Å².